The summed E-state index contributed by atoms with van der Waals surface area (Å²) in [4.78, 5) is 33.7. The van der Waals surface area contributed by atoms with E-state index in [9.17, 15) is 14.4 Å². The van der Waals surface area contributed by atoms with Crippen LogP contribution in [0.4, 0.5) is 4.79 Å². The van der Waals surface area contributed by atoms with Gasteiger partial charge in [0, 0.05) is 6.54 Å². The number of urea groups is 1. The Kier molecular flexibility index (Phi) is 6.41. The standard InChI is InChI=1S/C13H23N3O5/c1-7(2)5-9(16-13(14)20)11(17)15-6-8-3-4-10(21-8)12(18)19/h7-10H,3-6H2,1-2H3,(H,15,17)(H,18,19)(H3,14,16,20). The van der Waals surface area contributed by atoms with Crippen LogP contribution in [0.1, 0.15) is 33.1 Å². The number of hydrogen-bond acceptors (Lipinski definition) is 4. The van der Waals surface area contributed by atoms with Crippen molar-refractivity contribution < 1.29 is 24.2 Å². The van der Waals surface area contributed by atoms with Gasteiger partial charge in [0.05, 0.1) is 6.10 Å². The van der Waals surface area contributed by atoms with Gasteiger partial charge in [-0.25, -0.2) is 9.59 Å². The second-order valence-corrected chi connectivity index (χ2v) is 5.60. The molecule has 1 fully saturated rings. The number of nitrogens with one attached hydrogen (secondary N) is 2. The zero-order valence-electron chi connectivity index (χ0n) is 12.3. The third kappa shape index (κ3) is 5.99. The van der Waals surface area contributed by atoms with E-state index < -0.39 is 24.1 Å². The molecule has 3 atom stereocenters. The molecule has 1 aliphatic rings. The van der Waals surface area contributed by atoms with E-state index in [0.717, 1.165) is 0 Å². The molecule has 1 heterocycles. The van der Waals surface area contributed by atoms with Gasteiger partial charge in [0.15, 0.2) is 6.10 Å². The molecule has 1 aliphatic heterocycles. The molecule has 0 aromatic rings. The van der Waals surface area contributed by atoms with Crippen LogP contribution in [0.5, 0.6) is 0 Å². The molecular formula is C13H23N3O5. The minimum atomic E-state index is -0.989. The number of ether oxygens (including phenoxy) is 1. The van der Waals surface area contributed by atoms with Crippen LogP contribution in [-0.2, 0) is 14.3 Å². The fourth-order valence-corrected chi connectivity index (χ4v) is 2.25. The number of rotatable bonds is 7. The first-order valence-electron chi connectivity index (χ1n) is 7.01. The fourth-order valence-electron chi connectivity index (χ4n) is 2.25. The molecule has 3 unspecified atom stereocenters. The van der Waals surface area contributed by atoms with Gasteiger partial charge in [-0.3, -0.25) is 4.79 Å². The quantitative estimate of drug-likeness (QED) is 0.518. The maximum absolute atomic E-state index is 12.0. The number of carbonyl (C=O) groups is 3. The minimum Gasteiger partial charge on any atom is -0.479 e. The smallest absolute Gasteiger partial charge is 0.332 e. The first-order valence-corrected chi connectivity index (χ1v) is 7.01. The van der Waals surface area contributed by atoms with Crippen LogP contribution in [-0.4, -0.2) is 47.8 Å². The lowest BCUT2D eigenvalue weighted by Gasteiger charge is -2.20. The number of nitrogens with two attached hydrogens (primary N) is 1. The predicted molar refractivity (Wildman–Crippen MR) is 74.5 cm³/mol. The first-order chi connectivity index (χ1) is 9.79. The summed E-state index contributed by atoms with van der Waals surface area (Å²) in [5, 5.41) is 13.9. The first kappa shape index (κ1) is 17.2. The van der Waals surface area contributed by atoms with Crippen LogP contribution >= 0.6 is 0 Å². The number of primary amides is 1. The van der Waals surface area contributed by atoms with Crippen LogP contribution in [0.3, 0.4) is 0 Å². The lowest BCUT2D eigenvalue weighted by molar-refractivity contribution is -0.149. The van der Waals surface area contributed by atoms with Crippen molar-refractivity contribution in [2.24, 2.45) is 11.7 Å². The van der Waals surface area contributed by atoms with Gasteiger partial charge in [-0.05, 0) is 25.2 Å². The molecule has 0 aromatic heterocycles. The molecule has 0 spiro atoms. The molecule has 0 aliphatic carbocycles. The van der Waals surface area contributed by atoms with Gasteiger partial charge in [-0.1, -0.05) is 13.8 Å². The predicted octanol–water partition coefficient (Wildman–Crippen LogP) is -0.182. The minimum absolute atomic E-state index is 0.215. The summed E-state index contributed by atoms with van der Waals surface area (Å²) in [6.07, 6.45) is 0.364. The van der Waals surface area contributed by atoms with E-state index in [1.807, 2.05) is 13.8 Å². The van der Waals surface area contributed by atoms with Crippen molar-refractivity contribution in [1.29, 1.82) is 0 Å². The highest BCUT2D eigenvalue weighted by atomic mass is 16.5. The summed E-state index contributed by atoms with van der Waals surface area (Å²) in [5.41, 5.74) is 5.06. The average Bonchev–Trinajstić information content (AvgIpc) is 2.82. The zero-order chi connectivity index (χ0) is 16.0. The second-order valence-electron chi connectivity index (χ2n) is 5.60. The van der Waals surface area contributed by atoms with Crippen molar-refractivity contribution >= 4 is 17.9 Å². The van der Waals surface area contributed by atoms with Crippen LogP contribution < -0.4 is 16.4 Å². The van der Waals surface area contributed by atoms with Gasteiger partial charge >= 0.3 is 12.0 Å². The van der Waals surface area contributed by atoms with Crippen molar-refractivity contribution in [3.05, 3.63) is 0 Å². The van der Waals surface area contributed by atoms with Gasteiger partial charge < -0.3 is 26.2 Å². The summed E-state index contributed by atoms with van der Waals surface area (Å²) in [5.74, 6) is -1.12. The molecule has 8 nitrogen and oxygen atoms in total. The number of amides is 3. The fraction of sp³-hybridized carbons (Fsp3) is 0.769. The molecule has 0 bridgehead atoms. The van der Waals surface area contributed by atoms with Crippen molar-refractivity contribution in [3.8, 4) is 0 Å². The van der Waals surface area contributed by atoms with E-state index in [1.54, 1.807) is 0 Å². The SMILES string of the molecule is CC(C)CC(NC(N)=O)C(=O)NCC1CCC(C(=O)O)O1. The molecule has 0 saturated carbocycles. The Morgan fingerprint density at radius 2 is 2.00 bits per heavy atom. The van der Waals surface area contributed by atoms with Crippen LogP contribution in [0.2, 0.25) is 0 Å². The lowest BCUT2D eigenvalue weighted by atomic mass is 10.0. The molecule has 5 N–H and O–H groups in total. The van der Waals surface area contributed by atoms with Crippen molar-refractivity contribution in [2.45, 2.75) is 51.4 Å². The topological polar surface area (TPSA) is 131 Å². The Hall–Kier alpha value is -1.83. The number of carbonyl (C=O) groups excluding carboxylic acids is 2. The summed E-state index contributed by atoms with van der Waals surface area (Å²) in [7, 11) is 0. The monoisotopic (exact) mass is 301 g/mol. The summed E-state index contributed by atoms with van der Waals surface area (Å²) < 4.78 is 5.29. The zero-order valence-corrected chi connectivity index (χ0v) is 12.3. The normalized spacial score (nSPS) is 22.8. The van der Waals surface area contributed by atoms with Gasteiger partial charge in [-0.2, -0.15) is 0 Å². The molecule has 8 heteroatoms. The van der Waals surface area contributed by atoms with E-state index in [1.165, 1.54) is 0 Å². The van der Waals surface area contributed by atoms with Gasteiger partial charge in [0.1, 0.15) is 6.04 Å². The Balaban J connectivity index is 2.43. The van der Waals surface area contributed by atoms with Gasteiger partial charge in [0.2, 0.25) is 5.91 Å². The van der Waals surface area contributed by atoms with E-state index in [-0.39, 0.29) is 24.5 Å². The third-order valence-electron chi connectivity index (χ3n) is 3.23. The molecule has 1 saturated heterocycles. The van der Waals surface area contributed by atoms with E-state index in [4.69, 9.17) is 15.6 Å². The largest absolute Gasteiger partial charge is 0.479 e. The Morgan fingerprint density at radius 1 is 1.33 bits per heavy atom. The highest BCUT2D eigenvalue weighted by Gasteiger charge is 2.31. The average molecular weight is 301 g/mol. The Bertz CT molecular complexity index is 399. The number of carboxylic acid groups (broad SMARTS) is 1. The van der Waals surface area contributed by atoms with Crippen molar-refractivity contribution in [1.82, 2.24) is 10.6 Å². The molecule has 0 aromatic carbocycles. The number of carboxylic acids is 1. The molecular weight excluding hydrogens is 278 g/mol. The number of hydrogen-bond donors (Lipinski definition) is 4. The van der Waals surface area contributed by atoms with E-state index in [0.29, 0.717) is 19.3 Å². The summed E-state index contributed by atoms with van der Waals surface area (Å²) in [6, 6.07) is -1.45. The Morgan fingerprint density at radius 3 is 2.48 bits per heavy atom. The maximum Gasteiger partial charge on any atom is 0.332 e. The summed E-state index contributed by atoms with van der Waals surface area (Å²) >= 11 is 0. The molecule has 0 radical (unpaired) electrons. The molecule has 1 rings (SSSR count). The van der Waals surface area contributed by atoms with Gasteiger partial charge in [-0.15, -0.1) is 0 Å². The summed E-state index contributed by atoms with van der Waals surface area (Å²) in [6.45, 7) is 4.08. The second kappa shape index (κ2) is 7.82. The highest BCUT2D eigenvalue weighted by Crippen LogP contribution is 2.19. The lowest BCUT2D eigenvalue weighted by Crippen LogP contribution is -2.50. The van der Waals surface area contributed by atoms with Gasteiger partial charge in [0.25, 0.3) is 0 Å². The number of aliphatic carboxylic acids is 1. The highest BCUT2D eigenvalue weighted by molar-refractivity contribution is 5.86. The molecule has 3 amide bonds. The van der Waals surface area contributed by atoms with Crippen LogP contribution in [0, 0.1) is 5.92 Å². The van der Waals surface area contributed by atoms with E-state index in [2.05, 4.69) is 10.6 Å². The molecule has 120 valence electrons. The van der Waals surface area contributed by atoms with E-state index >= 15 is 0 Å². The Labute approximate surface area is 123 Å². The van der Waals surface area contributed by atoms with Crippen molar-refractivity contribution in [3.63, 3.8) is 0 Å². The van der Waals surface area contributed by atoms with Crippen LogP contribution in [0.25, 0.3) is 0 Å². The third-order valence-corrected chi connectivity index (χ3v) is 3.23. The van der Waals surface area contributed by atoms with Crippen molar-refractivity contribution in [2.75, 3.05) is 6.54 Å². The molecule has 21 heavy (non-hydrogen) atoms. The maximum atomic E-state index is 12.0. The van der Waals surface area contributed by atoms with Crippen LogP contribution in [0.15, 0.2) is 0 Å².